The lowest BCUT2D eigenvalue weighted by Crippen LogP contribution is -2.34. The number of hydrogen-bond donors (Lipinski definition) is 3. The van der Waals surface area contributed by atoms with Gasteiger partial charge in [-0.25, -0.2) is 0 Å². The number of aliphatic hydroxyl groups excluding tert-OH is 1. The van der Waals surface area contributed by atoms with E-state index in [0.29, 0.717) is 0 Å². The maximum Gasteiger partial charge on any atom is 0.394 e. The van der Waals surface area contributed by atoms with Gasteiger partial charge in [0, 0.05) is 13.1 Å². The molecule has 0 fully saturated rings. The molecule has 0 amide bonds. The summed E-state index contributed by atoms with van der Waals surface area (Å²) in [7, 11) is -4.67. The van der Waals surface area contributed by atoms with Crippen molar-refractivity contribution in [2.75, 3.05) is 13.1 Å². The van der Waals surface area contributed by atoms with Gasteiger partial charge in [0.05, 0.1) is 0 Å². The molecule has 0 saturated carbocycles. The van der Waals surface area contributed by atoms with Gasteiger partial charge in [-0.3, -0.25) is 14.0 Å². The minimum atomic E-state index is -4.67. The van der Waals surface area contributed by atoms with E-state index in [0.717, 1.165) is 13.1 Å². The highest BCUT2D eigenvalue weighted by Gasteiger charge is 2.08. The van der Waals surface area contributed by atoms with Crippen molar-refractivity contribution in [3.05, 3.63) is 0 Å². The van der Waals surface area contributed by atoms with Crippen LogP contribution in [0.4, 0.5) is 0 Å². The van der Waals surface area contributed by atoms with Gasteiger partial charge < -0.3 is 5.11 Å². The number of aliphatic hydroxyl groups is 1. The van der Waals surface area contributed by atoms with E-state index in [1.165, 1.54) is 25.7 Å². The van der Waals surface area contributed by atoms with Crippen molar-refractivity contribution in [2.45, 2.75) is 52.7 Å². The van der Waals surface area contributed by atoms with Crippen molar-refractivity contribution in [1.82, 2.24) is 4.90 Å². The van der Waals surface area contributed by atoms with E-state index >= 15 is 0 Å². The summed E-state index contributed by atoms with van der Waals surface area (Å²) in [4.78, 5) is 2.15. The molecule has 0 spiro atoms. The van der Waals surface area contributed by atoms with E-state index in [-0.39, 0.29) is 6.23 Å². The molecule has 0 aliphatic heterocycles. The maximum atomic E-state index is 9.39. The summed E-state index contributed by atoms with van der Waals surface area (Å²) < 4.78 is 31.6. The van der Waals surface area contributed by atoms with Gasteiger partial charge in [0.2, 0.25) is 0 Å². The van der Waals surface area contributed by atoms with Crippen LogP contribution in [0.5, 0.6) is 0 Å². The summed E-state index contributed by atoms with van der Waals surface area (Å²) in [6.07, 6.45) is 4.51. The molecule has 0 aliphatic carbocycles. The smallest absolute Gasteiger partial charge is 0.379 e. The minimum Gasteiger partial charge on any atom is -0.379 e. The Morgan fingerprint density at radius 2 is 1.35 bits per heavy atom. The second kappa shape index (κ2) is 10.9. The van der Waals surface area contributed by atoms with E-state index in [1.807, 2.05) is 6.92 Å². The standard InChI is InChI=1S/C10H23NO.H2O4S/c1-4-6-8-11(10(3)12)9-7-5-2;1-5(2,3)4/h10,12H,4-9H2,1-3H3;(H2,1,2,3,4). The van der Waals surface area contributed by atoms with Gasteiger partial charge in [-0.2, -0.15) is 8.42 Å². The van der Waals surface area contributed by atoms with Crippen LogP contribution in [0.3, 0.4) is 0 Å². The lowest BCUT2D eigenvalue weighted by atomic mass is 10.2. The van der Waals surface area contributed by atoms with Crippen molar-refractivity contribution in [2.24, 2.45) is 0 Å². The third kappa shape index (κ3) is 21.6. The normalized spacial score (nSPS) is 13.1. The predicted octanol–water partition coefficient (Wildman–Crippen LogP) is 1.57. The molecule has 7 heteroatoms. The minimum absolute atomic E-state index is 0.275. The summed E-state index contributed by atoms with van der Waals surface area (Å²) in [6.45, 7) is 8.29. The van der Waals surface area contributed by atoms with Crippen molar-refractivity contribution in [1.29, 1.82) is 0 Å². The number of nitrogens with zero attached hydrogens (tertiary/aromatic N) is 1. The monoisotopic (exact) mass is 271 g/mol. The molecule has 0 rings (SSSR count). The topological polar surface area (TPSA) is 98.1 Å². The fraction of sp³-hybridized carbons (Fsp3) is 1.00. The van der Waals surface area contributed by atoms with Gasteiger partial charge in [-0.15, -0.1) is 0 Å². The van der Waals surface area contributed by atoms with Crippen LogP contribution in [0.25, 0.3) is 0 Å². The average Bonchev–Trinajstić information content (AvgIpc) is 2.15. The van der Waals surface area contributed by atoms with E-state index in [2.05, 4.69) is 18.7 Å². The maximum absolute atomic E-state index is 9.39. The van der Waals surface area contributed by atoms with Gasteiger partial charge in [-0.1, -0.05) is 26.7 Å². The number of rotatable bonds is 7. The molecule has 0 aromatic heterocycles. The lowest BCUT2D eigenvalue weighted by Gasteiger charge is -2.24. The first kappa shape index (κ1) is 19.1. The first-order valence-electron chi connectivity index (χ1n) is 5.84. The Balaban J connectivity index is 0. The molecular weight excluding hydrogens is 246 g/mol. The van der Waals surface area contributed by atoms with Crippen molar-refractivity contribution in [3.63, 3.8) is 0 Å². The van der Waals surface area contributed by atoms with Crippen molar-refractivity contribution in [3.8, 4) is 0 Å². The Hall–Kier alpha value is -0.210. The molecule has 1 unspecified atom stereocenters. The fourth-order valence-electron chi connectivity index (χ4n) is 1.21. The molecule has 106 valence electrons. The highest BCUT2D eigenvalue weighted by molar-refractivity contribution is 7.79. The molecule has 0 radical (unpaired) electrons. The van der Waals surface area contributed by atoms with Crippen LogP contribution < -0.4 is 0 Å². The largest absolute Gasteiger partial charge is 0.394 e. The summed E-state index contributed by atoms with van der Waals surface area (Å²) in [5, 5.41) is 9.39. The average molecular weight is 271 g/mol. The molecule has 3 N–H and O–H groups in total. The van der Waals surface area contributed by atoms with E-state index in [1.54, 1.807) is 0 Å². The lowest BCUT2D eigenvalue weighted by molar-refractivity contribution is 0.0169. The summed E-state index contributed by atoms with van der Waals surface area (Å²) >= 11 is 0. The molecule has 6 nitrogen and oxygen atoms in total. The van der Waals surface area contributed by atoms with Gasteiger partial charge in [-0.05, 0) is 19.8 Å². The first-order valence-corrected chi connectivity index (χ1v) is 7.24. The number of unbranched alkanes of at least 4 members (excludes halogenated alkanes) is 2. The van der Waals surface area contributed by atoms with Crippen molar-refractivity contribution >= 4 is 10.4 Å². The van der Waals surface area contributed by atoms with E-state index in [4.69, 9.17) is 17.5 Å². The Kier molecular flexibility index (Phi) is 12.3. The third-order valence-electron chi connectivity index (χ3n) is 2.13. The highest BCUT2D eigenvalue weighted by Crippen LogP contribution is 2.02. The van der Waals surface area contributed by atoms with Gasteiger partial charge in [0.15, 0.2) is 0 Å². The quantitative estimate of drug-likeness (QED) is 0.480. The van der Waals surface area contributed by atoms with Crippen LogP contribution in [0.2, 0.25) is 0 Å². The number of hydrogen-bond acceptors (Lipinski definition) is 4. The van der Waals surface area contributed by atoms with Gasteiger partial charge in [0.1, 0.15) is 6.23 Å². The zero-order valence-electron chi connectivity index (χ0n) is 10.8. The highest BCUT2D eigenvalue weighted by atomic mass is 32.3. The Labute approximate surface area is 104 Å². The van der Waals surface area contributed by atoms with Crippen LogP contribution in [-0.4, -0.2) is 46.8 Å². The van der Waals surface area contributed by atoms with Crippen LogP contribution in [0.15, 0.2) is 0 Å². The first-order chi connectivity index (χ1) is 7.72. The Morgan fingerprint density at radius 1 is 1.06 bits per heavy atom. The van der Waals surface area contributed by atoms with Crippen LogP contribution in [0.1, 0.15) is 46.5 Å². The Bertz CT molecular complexity index is 237. The summed E-state index contributed by atoms with van der Waals surface area (Å²) in [5.74, 6) is 0. The summed E-state index contributed by atoms with van der Waals surface area (Å²) in [5.41, 5.74) is 0. The predicted molar refractivity (Wildman–Crippen MR) is 67.2 cm³/mol. The van der Waals surface area contributed by atoms with Gasteiger partial charge in [0.25, 0.3) is 0 Å². The van der Waals surface area contributed by atoms with Crippen LogP contribution >= 0.6 is 0 Å². The molecule has 0 aliphatic rings. The SMILES string of the molecule is CCCCN(CCCC)C(C)O.O=S(=O)(O)O. The zero-order chi connectivity index (χ0) is 13.9. The zero-order valence-corrected chi connectivity index (χ0v) is 11.7. The summed E-state index contributed by atoms with van der Waals surface area (Å²) in [6, 6.07) is 0. The van der Waals surface area contributed by atoms with Crippen LogP contribution in [-0.2, 0) is 10.4 Å². The second-order valence-corrected chi connectivity index (χ2v) is 4.72. The molecule has 0 heterocycles. The molecular formula is C10H25NO5S. The van der Waals surface area contributed by atoms with Gasteiger partial charge >= 0.3 is 10.4 Å². The molecule has 1 atom stereocenters. The Morgan fingerprint density at radius 3 is 1.53 bits per heavy atom. The van der Waals surface area contributed by atoms with E-state index in [9.17, 15) is 5.11 Å². The second-order valence-electron chi connectivity index (χ2n) is 3.82. The third-order valence-corrected chi connectivity index (χ3v) is 2.13. The van der Waals surface area contributed by atoms with Crippen LogP contribution in [0, 0.1) is 0 Å². The van der Waals surface area contributed by atoms with E-state index < -0.39 is 10.4 Å². The molecule has 0 bridgehead atoms. The molecule has 0 saturated heterocycles. The molecule has 0 aromatic carbocycles. The van der Waals surface area contributed by atoms with Crippen molar-refractivity contribution < 1.29 is 22.6 Å². The fourth-order valence-corrected chi connectivity index (χ4v) is 1.21. The molecule has 17 heavy (non-hydrogen) atoms. The molecule has 0 aromatic rings.